The molecule has 0 atom stereocenters. The Morgan fingerprint density at radius 1 is 0.829 bits per heavy atom. The summed E-state index contributed by atoms with van der Waals surface area (Å²) in [6, 6.07) is 17.9. The van der Waals surface area contributed by atoms with Gasteiger partial charge in [-0.2, -0.15) is 0 Å². The molecule has 0 heterocycles. The van der Waals surface area contributed by atoms with Crippen molar-refractivity contribution in [2.75, 3.05) is 11.3 Å². The molecule has 3 rings (SSSR count). The van der Waals surface area contributed by atoms with Crippen molar-refractivity contribution in [1.29, 1.82) is 0 Å². The first-order chi connectivity index (χ1) is 16.5. The lowest BCUT2D eigenvalue weighted by Crippen LogP contribution is -2.33. The first-order valence-electron chi connectivity index (χ1n) is 10.7. The van der Waals surface area contributed by atoms with E-state index in [1.807, 2.05) is 13.0 Å². The van der Waals surface area contributed by atoms with E-state index in [2.05, 4.69) is 15.4 Å². The fourth-order valence-corrected chi connectivity index (χ4v) is 4.64. The normalized spacial score (nSPS) is 10.9. The Morgan fingerprint density at radius 3 is 2.20 bits per heavy atom. The van der Waals surface area contributed by atoms with Crippen molar-refractivity contribution in [3.63, 3.8) is 0 Å². The number of anilines is 1. The standard InChI is InChI=1S/C25H26N4O5S/c1-16-6-7-17(2)22(12-16)35(33,34)29-21-5-3-4-20(13-21)25(32)27-14-18-8-10-19(11-9-18)24(31)28-15-23(26)30/h3-13,29H,14-15H2,1-2H3,(H2,26,30)(H,27,32)(H,28,31). The molecular formula is C25H26N4O5S. The molecule has 0 aromatic heterocycles. The lowest BCUT2D eigenvalue weighted by atomic mass is 10.1. The maximum atomic E-state index is 12.9. The van der Waals surface area contributed by atoms with Crippen LogP contribution in [0.5, 0.6) is 0 Å². The molecule has 3 amide bonds. The number of amides is 3. The molecule has 0 aliphatic heterocycles. The number of hydrogen-bond donors (Lipinski definition) is 4. The van der Waals surface area contributed by atoms with Crippen LogP contribution in [-0.4, -0.2) is 32.7 Å². The molecule has 0 fully saturated rings. The Morgan fingerprint density at radius 2 is 1.51 bits per heavy atom. The minimum absolute atomic E-state index is 0.180. The minimum Gasteiger partial charge on any atom is -0.368 e. The van der Waals surface area contributed by atoms with Crippen LogP contribution in [0.2, 0.25) is 0 Å². The second kappa shape index (κ2) is 10.8. The minimum atomic E-state index is -3.82. The lowest BCUT2D eigenvalue weighted by molar-refractivity contribution is -0.117. The fourth-order valence-electron chi connectivity index (χ4n) is 3.26. The fraction of sp³-hybridized carbons (Fsp3) is 0.160. The third-order valence-corrected chi connectivity index (χ3v) is 6.63. The largest absolute Gasteiger partial charge is 0.368 e. The third-order valence-electron chi connectivity index (χ3n) is 5.10. The summed E-state index contributed by atoms with van der Waals surface area (Å²) in [5.41, 5.74) is 8.10. The molecule has 5 N–H and O–H groups in total. The van der Waals surface area contributed by atoms with Crippen molar-refractivity contribution in [3.8, 4) is 0 Å². The Bertz CT molecular complexity index is 1370. The number of hydrogen-bond acceptors (Lipinski definition) is 5. The lowest BCUT2D eigenvalue weighted by Gasteiger charge is -2.12. The van der Waals surface area contributed by atoms with E-state index in [1.54, 1.807) is 61.5 Å². The first-order valence-corrected chi connectivity index (χ1v) is 12.2. The van der Waals surface area contributed by atoms with E-state index in [0.717, 1.165) is 11.1 Å². The molecular weight excluding hydrogens is 468 g/mol. The van der Waals surface area contributed by atoms with Crippen LogP contribution in [0.25, 0.3) is 0 Å². The number of sulfonamides is 1. The summed E-state index contributed by atoms with van der Waals surface area (Å²) in [4.78, 5) is 35.5. The number of nitrogens with one attached hydrogen (secondary N) is 3. The molecule has 3 aromatic rings. The van der Waals surface area contributed by atoms with E-state index < -0.39 is 21.8 Å². The Kier molecular flexibility index (Phi) is 7.87. The van der Waals surface area contributed by atoms with Crippen LogP contribution in [0.3, 0.4) is 0 Å². The first kappa shape index (κ1) is 25.4. The second-order valence-electron chi connectivity index (χ2n) is 7.98. The summed E-state index contributed by atoms with van der Waals surface area (Å²) in [5, 5.41) is 5.16. The smallest absolute Gasteiger partial charge is 0.262 e. The van der Waals surface area contributed by atoms with Crippen LogP contribution in [-0.2, 0) is 21.4 Å². The van der Waals surface area contributed by atoms with Crippen molar-refractivity contribution < 1.29 is 22.8 Å². The summed E-state index contributed by atoms with van der Waals surface area (Å²) in [6.07, 6.45) is 0. The predicted molar refractivity (Wildman–Crippen MR) is 132 cm³/mol. The van der Waals surface area contributed by atoms with Gasteiger partial charge in [0.05, 0.1) is 11.4 Å². The van der Waals surface area contributed by atoms with E-state index in [9.17, 15) is 22.8 Å². The van der Waals surface area contributed by atoms with Crippen LogP contribution in [0, 0.1) is 13.8 Å². The van der Waals surface area contributed by atoms with Crippen LogP contribution in [0.15, 0.2) is 71.6 Å². The number of benzene rings is 3. The van der Waals surface area contributed by atoms with Gasteiger partial charge < -0.3 is 16.4 Å². The van der Waals surface area contributed by atoms with Gasteiger partial charge in [0.1, 0.15) is 0 Å². The highest BCUT2D eigenvalue weighted by atomic mass is 32.2. The van der Waals surface area contributed by atoms with Crippen molar-refractivity contribution in [1.82, 2.24) is 10.6 Å². The highest BCUT2D eigenvalue weighted by molar-refractivity contribution is 7.92. The maximum absolute atomic E-state index is 12.9. The van der Waals surface area contributed by atoms with Gasteiger partial charge in [0.15, 0.2) is 0 Å². The van der Waals surface area contributed by atoms with Crippen molar-refractivity contribution in [2.24, 2.45) is 5.73 Å². The summed E-state index contributed by atoms with van der Waals surface area (Å²) in [6.45, 7) is 3.48. The van der Waals surface area contributed by atoms with Gasteiger partial charge in [-0.25, -0.2) is 8.42 Å². The topological polar surface area (TPSA) is 147 Å². The average molecular weight is 495 g/mol. The van der Waals surface area contributed by atoms with Crippen LogP contribution in [0.1, 0.15) is 37.4 Å². The number of carbonyl (C=O) groups excluding carboxylic acids is 3. The predicted octanol–water partition coefficient (Wildman–Crippen LogP) is 2.25. The van der Waals surface area contributed by atoms with Gasteiger partial charge in [-0.05, 0) is 66.9 Å². The Labute approximate surface area is 203 Å². The van der Waals surface area contributed by atoms with Crippen LogP contribution >= 0.6 is 0 Å². The van der Waals surface area contributed by atoms with Gasteiger partial charge in [0, 0.05) is 23.4 Å². The van der Waals surface area contributed by atoms with Crippen molar-refractivity contribution in [3.05, 3.63) is 94.5 Å². The van der Waals surface area contributed by atoms with Gasteiger partial charge in [-0.1, -0.05) is 30.3 Å². The van der Waals surface area contributed by atoms with E-state index in [1.165, 1.54) is 6.07 Å². The maximum Gasteiger partial charge on any atom is 0.262 e. The van der Waals surface area contributed by atoms with Crippen LogP contribution < -0.4 is 21.1 Å². The molecule has 0 radical (unpaired) electrons. The number of nitrogens with two attached hydrogens (primary N) is 1. The number of aryl methyl sites for hydroxylation is 2. The molecule has 0 aliphatic rings. The van der Waals surface area contributed by atoms with Gasteiger partial charge in [-0.15, -0.1) is 0 Å². The zero-order valence-corrected chi connectivity index (χ0v) is 20.1. The summed E-state index contributed by atoms with van der Waals surface area (Å²) >= 11 is 0. The summed E-state index contributed by atoms with van der Waals surface area (Å²) < 4.78 is 28.2. The molecule has 9 nitrogen and oxygen atoms in total. The molecule has 0 bridgehead atoms. The molecule has 0 saturated carbocycles. The zero-order valence-electron chi connectivity index (χ0n) is 19.3. The number of carbonyl (C=O) groups is 3. The summed E-state index contributed by atoms with van der Waals surface area (Å²) in [5.74, 6) is -1.46. The monoisotopic (exact) mass is 494 g/mol. The molecule has 35 heavy (non-hydrogen) atoms. The van der Waals surface area contributed by atoms with Crippen molar-refractivity contribution >= 4 is 33.4 Å². The SMILES string of the molecule is Cc1ccc(C)c(S(=O)(=O)Nc2cccc(C(=O)NCc3ccc(C(=O)NCC(N)=O)cc3)c2)c1. The van der Waals surface area contributed by atoms with E-state index in [-0.39, 0.29) is 35.1 Å². The van der Waals surface area contributed by atoms with E-state index in [4.69, 9.17) is 5.73 Å². The average Bonchev–Trinajstić information content (AvgIpc) is 2.82. The van der Waals surface area contributed by atoms with Gasteiger partial charge in [0.25, 0.3) is 21.8 Å². The van der Waals surface area contributed by atoms with Gasteiger partial charge in [-0.3, -0.25) is 19.1 Å². The highest BCUT2D eigenvalue weighted by Gasteiger charge is 2.18. The van der Waals surface area contributed by atoms with Gasteiger partial charge >= 0.3 is 0 Å². The van der Waals surface area contributed by atoms with Crippen LogP contribution in [0.4, 0.5) is 5.69 Å². The molecule has 3 aromatic carbocycles. The Balaban J connectivity index is 1.63. The number of rotatable bonds is 9. The van der Waals surface area contributed by atoms with Gasteiger partial charge in [0.2, 0.25) is 5.91 Å². The Hall–Kier alpha value is -4.18. The van der Waals surface area contributed by atoms with E-state index in [0.29, 0.717) is 11.1 Å². The molecule has 0 aliphatic carbocycles. The van der Waals surface area contributed by atoms with E-state index >= 15 is 0 Å². The molecule has 0 saturated heterocycles. The van der Waals surface area contributed by atoms with Crippen molar-refractivity contribution in [2.45, 2.75) is 25.3 Å². The molecule has 182 valence electrons. The molecule has 0 spiro atoms. The quantitative estimate of drug-likeness (QED) is 0.360. The third kappa shape index (κ3) is 6.90. The molecule has 0 unspecified atom stereocenters. The number of primary amides is 1. The molecule has 10 heteroatoms. The summed E-state index contributed by atoms with van der Waals surface area (Å²) in [7, 11) is -3.82. The zero-order chi connectivity index (χ0) is 25.6. The highest BCUT2D eigenvalue weighted by Crippen LogP contribution is 2.21. The second-order valence-corrected chi connectivity index (χ2v) is 9.63.